The van der Waals surface area contributed by atoms with E-state index in [-0.39, 0.29) is 36.8 Å². The molecule has 25 heavy (non-hydrogen) atoms. The third-order valence-corrected chi connectivity index (χ3v) is 4.91. The molecule has 2 aliphatic heterocycles. The Hall–Kier alpha value is -2.97. The third kappa shape index (κ3) is 2.61. The van der Waals surface area contributed by atoms with Crippen molar-refractivity contribution in [3.8, 4) is 0 Å². The highest BCUT2D eigenvalue weighted by molar-refractivity contribution is 6.20. The summed E-state index contributed by atoms with van der Waals surface area (Å²) >= 11 is 0. The Kier molecular flexibility index (Phi) is 4.15. The minimum absolute atomic E-state index is 0.00208. The molecule has 0 radical (unpaired) electrons. The van der Waals surface area contributed by atoms with Gasteiger partial charge in [0.2, 0.25) is 17.8 Å². The predicted octanol–water partition coefficient (Wildman–Crippen LogP) is 1.45. The number of nitrogens with zero attached hydrogens (tertiary/aromatic N) is 4. The van der Waals surface area contributed by atoms with Gasteiger partial charge >= 0.3 is 0 Å². The number of carbonyl (C=O) groups is 2. The lowest BCUT2D eigenvalue weighted by Gasteiger charge is -2.44. The summed E-state index contributed by atoms with van der Waals surface area (Å²) in [6.45, 7) is 4.13. The minimum Gasteiger partial charge on any atom is -0.334 e. The highest BCUT2D eigenvalue weighted by Gasteiger charge is 2.51. The van der Waals surface area contributed by atoms with Gasteiger partial charge in [-0.15, -0.1) is 0 Å². The van der Waals surface area contributed by atoms with Crippen LogP contribution in [0.1, 0.15) is 26.7 Å². The maximum Gasteiger partial charge on any atom is 0.269 e. The Balaban J connectivity index is 1.87. The molecule has 1 aromatic rings. The van der Waals surface area contributed by atoms with E-state index in [9.17, 15) is 19.7 Å². The summed E-state index contributed by atoms with van der Waals surface area (Å²) in [5, 5.41) is 13.5. The largest absolute Gasteiger partial charge is 0.334 e. The molecule has 0 aromatic heterocycles. The molecule has 9 heteroatoms. The van der Waals surface area contributed by atoms with Crippen molar-refractivity contribution in [2.45, 2.75) is 26.7 Å². The Morgan fingerprint density at radius 1 is 1.24 bits per heavy atom. The zero-order valence-corrected chi connectivity index (χ0v) is 14.1. The van der Waals surface area contributed by atoms with E-state index in [1.807, 2.05) is 18.7 Å². The number of hydrogen-bond acceptors (Lipinski definition) is 6. The van der Waals surface area contributed by atoms with Crippen molar-refractivity contribution in [3.63, 3.8) is 0 Å². The maximum atomic E-state index is 12.9. The van der Waals surface area contributed by atoms with Gasteiger partial charge < -0.3 is 4.90 Å². The van der Waals surface area contributed by atoms with Gasteiger partial charge in [0.15, 0.2) is 0 Å². The van der Waals surface area contributed by atoms with Crippen molar-refractivity contribution in [1.82, 2.24) is 10.2 Å². The van der Waals surface area contributed by atoms with Crippen molar-refractivity contribution in [1.29, 1.82) is 0 Å². The molecule has 3 rings (SSSR count). The Morgan fingerprint density at radius 2 is 1.88 bits per heavy atom. The fourth-order valence-electron chi connectivity index (χ4n) is 3.19. The third-order valence-electron chi connectivity index (χ3n) is 4.91. The molecule has 0 atom stereocenters. The van der Waals surface area contributed by atoms with Gasteiger partial charge in [0.05, 0.1) is 4.92 Å². The van der Waals surface area contributed by atoms with Crippen LogP contribution >= 0.6 is 0 Å². The first-order valence-corrected chi connectivity index (χ1v) is 8.10. The second-order valence-electron chi connectivity index (χ2n) is 6.05. The molecule has 9 nitrogen and oxygen atoms in total. The average molecular weight is 345 g/mol. The molecule has 2 amide bonds. The van der Waals surface area contributed by atoms with Crippen LogP contribution in [0.25, 0.3) is 0 Å². The summed E-state index contributed by atoms with van der Waals surface area (Å²) < 4.78 is 0. The summed E-state index contributed by atoms with van der Waals surface area (Å²) in [5.74, 6) is -0.293. The van der Waals surface area contributed by atoms with Crippen molar-refractivity contribution in [3.05, 3.63) is 34.4 Å². The van der Waals surface area contributed by atoms with Crippen molar-refractivity contribution >= 4 is 29.1 Å². The highest BCUT2D eigenvalue weighted by Crippen LogP contribution is 2.33. The van der Waals surface area contributed by atoms with E-state index in [1.54, 1.807) is 12.1 Å². The first kappa shape index (κ1) is 16.9. The number of anilines is 1. The molecule has 1 fully saturated rings. The average Bonchev–Trinajstić information content (AvgIpc) is 2.63. The number of rotatable bonds is 4. The molecule has 1 N–H and O–H groups in total. The van der Waals surface area contributed by atoms with E-state index in [4.69, 9.17) is 0 Å². The van der Waals surface area contributed by atoms with E-state index in [0.29, 0.717) is 12.8 Å². The van der Waals surface area contributed by atoms with Gasteiger partial charge in [-0.2, -0.15) is 0 Å². The standard InChI is InChI=1S/C16H19N5O4/c1-3-16(4-2)13(22)18-15-17-9-19(10-20(15)14(16)23)11-5-7-12(8-6-11)21(24)25/h5-8H,3-4,9-10H2,1-2H3,(H,17,18,22). The number of nitro benzene ring substituents is 1. The molecule has 132 valence electrons. The lowest BCUT2D eigenvalue weighted by Crippen LogP contribution is -2.67. The number of hydrogen-bond donors (Lipinski definition) is 1. The van der Waals surface area contributed by atoms with Gasteiger partial charge in [0.25, 0.3) is 5.69 Å². The van der Waals surface area contributed by atoms with Crippen LogP contribution in [-0.4, -0.2) is 40.9 Å². The molecular formula is C16H19N5O4. The lowest BCUT2D eigenvalue weighted by molar-refractivity contribution is -0.384. The lowest BCUT2D eigenvalue weighted by atomic mass is 9.78. The van der Waals surface area contributed by atoms with Crippen LogP contribution in [-0.2, 0) is 9.59 Å². The summed E-state index contributed by atoms with van der Waals surface area (Å²) in [6, 6.07) is 6.07. The smallest absolute Gasteiger partial charge is 0.269 e. The number of guanidine groups is 1. The zero-order valence-electron chi connectivity index (χ0n) is 14.1. The van der Waals surface area contributed by atoms with E-state index in [0.717, 1.165) is 5.69 Å². The highest BCUT2D eigenvalue weighted by atomic mass is 16.6. The van der Waals surface area contributed by atoms with Gasteiger partial charge in [-0.1, -0.05) is 13.8 Å². The first-order chi connectivity index (χ1) is 11.9. The molecule has 1 aromatic carbocycles. The number of amides is 2. The van der Waals surface area contributed by atoms with E-state index in [1.165, 1.54) is 17.0 Å². The minimum atomic E-state index is -1.07. The number of benzene rings is 1. The summed E-state index contributed by atoms with van der Waals surface area (Å²) in [7, 11) is 0. The molecule has 0 saturated carbocycles. The normalized spacial score (nSPS) is 19.2. The van der Waals surface area contributed by atoms with E-state index < -0.39 is 10.3 Å². The van der Waals surface area contributed by atoms with Crippen molar-refractivity contribution in [2.24, 2.45) is 10.4 Å². The molecule has 0 aliphatic carbocycles. The second kappa shape index (κ2) is 6.15. The first-order valence-electron chi connectivity index (χ1n) is 8.10. The van der Waals surface area contributed by atoms with Gasteiger partial charge in [-0.25, -0.2) is 4.99 Å². The Labute approximate surface area is 144 Å². The van der Waals surface area contributed by atoms with Crippen LogP contribution in [0.2, 0.25) is 0 Å². The van der Waals surface area contributed by atoms with Crippen LogP contribution in [0.15, 0.2) is 29.3 Å². The molecule has 0 unspecified atom stereocenters. The zero-order chi connectivity index (χ0) is 18.2. The summed E-state index contributed by atoms with van der Waals surface area (Å²) in [5.41, 5.74) is -0.351. The van der Waals surface area contributed by atoms with Crippen LogP contribution < -0.4 is 10.2 Å². The molecule has 2 heterocycles. The topological polar surface area (TPSA) is 108 Å². The number of non-ortho nitro benzene ring substituents is 1. The van der Waals surface area contributed by atoms with Crippen LogP contribution in [0, 0.1) is 15.5 Å². The SMILES string of the molecule is CCC1(CC)C(=O)NC2=NCN(c3ccc([N+](=O)[O-])cc3)CN2C1=O. The second-order valence-corrected chi connectivity index (χ2v) is 6.05. The molecule has 1 saturated heterocycles. The number of fused-ring (bicyclic) bond motifs is 1. The summed E-state index contributed by atoms with van der Waals surface area (Å²) in [6.07, 6.45) is 0.824. The molecule has 2 aliphatic rings. The Bertz CT molecular complexity index is 754. The Morgan fingerprint density at radius 3 is 2.44 bits per heavy atom. The van der Waals surface area contributed by atoms with E-state index in [2.05, 4.69) is 10.3 Å². The monoisotopic (exact) mass is 345 g/mol. The maximum absolute atomic E-state index is 12.9. The van der Waals surface area contributed by atoms with Crippen molar-refractivity contribution < 1.29 is 14.5 Å². The molecule has 0 bridgehead atoms. The number of nitrogens with one attached hydrogen (secondary N) is 1. The van der Waals surface area contributed by atoms with Crippen LogP contribution in [0.3, 0.4) is 0 Å². The fraction of sp³-hybridized carbons (Fsp3) is 0.438. The quantitative estimate of drug-likeness (QED) is 0.505. The van der Waals surface area contributed by atoms with Gasteiger partial charge in [0.1, 0.15) is 18.8 Å². The van der Waals surface area contributed by atoms with Crippen LogP contribution in [0.4, 0.5) is 11.4 Å². The van der Waals surface area contributed by atoms with Gasteiger partial charge in [-0.05, 0) is 25.0 Å². The summed E-state index contributed by atoms with van der Waals surface area (Å²) in [4.78, 5) is 43.2. The number of carbonyl (C=O) groups excluding carboxylic acids is 2. The number of nitro groups is 1. The van der Waals surface area contributed by atoms with Crippen LogP contribution in [0.5, 0.6) is 0 Å². The molecular weight excluding hydrogens is 326 g/mol. The number of aliphatic imine (C=N–C) groups is 1. The van der Waals surface area contributed by atoms with Gasteiger partial charge in [-0.3, -0.25) is 29.9 Å². The van der Waals surface area contributed by atoms with Crippen molar-refractivity contribution in [2.75, 3.05) is 18.2 Å². The molecule has 0 spiro atoms. The predicted molar refractivity (Wildman–Crippen MR) is 90.7 cm³/mol. The van der Waals surface area contributed by atoms with E-state index >= 15 is 0 Å². The fourth-order valence-corrected chi connectivity index (χ4v) is 3.19. The van der Waals surface area contributed by atoms with Gasteiger partial charge in [0, 0.05) is 17.8 Å².